The number of aromatic nitrogens is 1. The van der Waals surface area contributed by atoms with Crippen LogP contribution < -0.4 is 20.4 Å². The van der Waals surface area contributed by atoms with Gasteiger partial charge in [-0.15, -0.1) is 0 Å². The first-order chi connectivity index (χ1) is 21.0. The molecule has 0 bridgehead atoms. The first-order valence-electron chi connectivity index (χ1n) is 15.2. The molecule has 0 spiro atoms. The number of alkyl halides is 3. The van der Waals surface area contributed by atoms with Crippen molar-refractivity contribution < 1.29 is 32.0 Å². The van der Waals surface area contributed by atoms with Gasteiger partial charge >= 0.3 is 6.18 Å². The van der Waals surface area contributed by atoms with Crippen LogP contribution in [0.15, 0.2) is 46.0 Å². The van der Waals surface area contributed by atoms with E-state index in [0.717, 1.165) is 48.2 Å². The smallest absolute Gasteiger partial charge is 0.419 e. The van der Waals surface area contributed by atoms with Gasteiger partial charge in [0.05, 0.1) is 18.4 Å². The fraction of sp³-hybridized carbons (Fsp3) is 0.500. The quantitative estimate of drug-likeness (QED) is 0.380. The second kappa shape index (κ2) is 11.8. The largest absolute Gasteiger partial charge is 0.437 e. The number of rotatable bonds is 8. The zero-order valence-corrected chi connectivity index (χ0v) is 24.8. The van der Waals surface area contributed by atoms with Crippen LogP contribution in [0.1, 0.15) is 67.8 Å². The van der Waals surface area contributed by atoms with E-state index in [9.17, 15) is 27.6 Å². The molecule has 44 heavy (non-hydrogen) atoms. The molecule has 1 aromatic carbocycles. The number of nitrogens with one attached hydrogen (secondary N) is 2. The number of benzene rings is 1. The number of nitrogens with zero attached hydrogens (tertiary/aromatic N) is 3. The first kappa shape index (κ1) is 30.0. The minimum atomic E-state index is -4.83. The Balaban J connectivity index is 1.07. The highest BCUT2D eigenvalue weighted by Crippen LogP contribution is 2.43. The Morgan fingerprint density at radius 2 is 1.91 bits per heavy atom. The number of halogens is 3. The van der Waals surface area contributed by atoms with E-state index in [2.05, 4.69) is 21.7 Å². The lowest BCUT2D eigenvalue weighted by atomic mass is 10.0. The maximum atomic E-state index is 13.8. The summed E-state index contributed by atoms with van der Waals surface area (Å²) in [4.78, 5) is 46.0. The molecule has 1 aromatic heterocycles. The number of Topliss-reactive ketones (excluding diaryl/α,β-unsaturated/α-hetero) is 1. The van der Waals surface area contributed by atoms with Gasteiger partial charge in [-0.05, 0) is 80.7 Å². The van der Waals surface area contributed by atoms with Crippen LogP contribution in [0.5, 0.6) is 0 Å². The molecule has 2 fully saturated rings. The van der Waals surface area contributed by atoms with Gasteiger partial charge in [0.1, 0.15) is 0 Å². The molecule has 1 saturated carbocycles. The van der Waals surface area contributed by atoms with Gasteiger partial charge in [0, 0.05) is 36.7 Å². The van der Waals surface area contributed by atoms with Crippen LogP contribution in [0.25, 0.3) is 0 Å². The molecule has 2 amide bonds. The van der Waals surface area contributed by atoms with E-state index in [1.165, 1.54) is 0 Å². The summed E-state index contributed by atoms with van der Waals surface area (Å²) < 4.78 is 46.7. The van der Waals surface area contributed by atoms with Gasteiger partial charge in [0.25, 0.3) is 6.01 Å². The van der Waals surface area contributed by atoms with E-state index < -0.39 is 30.0 Å². The summed E-state index contributed by atoms with van der Waals surface area (Å²) in [6, 6.07) is 5.06. The number of anilines is 3. The number of carbonyl (C=O) groups excluding carboxylic acids is 3. The van der Waals surface area contributed by atoms with Gasteiger partial charge < -0.3 is 24.9 Å². The Kier molecular flexibility index (Phi) is 8.02. The van der Waals surface area contributed by atoms with Crippen molar-refractivity contribution in [3.8, 4) is 0 Å². The predicted molar refractivity (Wildman–Crippen MR) is 158 cm³/mol. The van der Waals surface area contributed by atoms with Gasteiger partial charge in [-0.25, -0.2) is 0 Å². The third kappa shape index (κ3) is 6.11. The van der Waals surface area contributed by atoms with E-state index in [4.69, 9.17) is 4.42 Å². The van der Waals surface area contributed by atoms with Crippen molar-refractivity contribution in [1.29, 1.82) is 0 Å². The molecule has 2 N–H and O–H groups in total. The van der Waals surface area contributed by atoms with Crippen LogP contribution >= 0.6 is 0 Å². The van der Waals surface area contributed by atoms with Crippen molar-refractivity contribution in [3.63, 3.8) is 0 Å². The maximum Gasteiger partial charge on any atom is 0.437 e. The highest BCUT2D eigenvalue weighted by Gasteiger charge is 2.50. The fourth-order valence-corrected chi connectivity index (χ4v) is 6.32. The molecule has 3 heterocycles. The molecule has 0 radical (unpaired) electrons. The minimum Gasteiger partial charge on any atom is -0.419 e. The van der Waals surface area contributed by atoms with Crippen LogP contribution in [0.2, 0.25) is 0 Å². The van der Waals surface area contributed by atoms with Crippen LogP contribution in [0, 0.1) is 17.8 Å². The van der Waals surface area contributed by atoms with Gasteiger partial charge in [0.2, 0.25) is 23.4 Å². The molecule has 2 aliphatic carbocycles. The fourth-order valence-electron chi connectivity index (χ4n) is 6.32. The van der Waals surface area contributed by atoms with Gasteiger partial charge in [-0.1, -0.05) is 19.1 Å². The number of ketones is 1. The highest BCUT2D eigenvalue weighted by molar-refractivity contribution is 6.03. The molecule has 234 valence electrons. The summed E-state index contributed by atoms with van der Waals surface area (Å²) in [5.74, 6) is -2.32. The summed E-state index contributed by atoms with van der Waals surface area (Å²) in [6.07, 6.45) is 3.98. The molecule has 2 aliphatic heterocycles. The van der Waals surface area contributed by atoms with Crippen molar-refractivity contribution in [1.82, 2.24) is 10.3 Å². The van der Waals surface area contributed by atoms with Crippen LogP contribution in [-0.2, 0) is 22.2 Å². The summed E-state index contributed by atoms with van der Waals surface area (Å²) in [6.45, 7) is 5.06. The number of oxazole rings is 1. The van der Waals surface area contributed by atoms with Crippen molar-refractivity contribution in [2.75, 3.05) is 41.3 Å². The van der Waals surface area contributed by atoms with Gasteiger partial charge in [-0.3, -0.25) is 14.4 Å². The Hall–Kier alpha value is -4.09. The van der Waals surface area contributed by atoms with E-state index in [0.29, 0.717) is 38.2 Å². The molecule has 1 unspecified atom stereocenters. The van der Waals surface area contributed by atoms with Crippen LogP contribution in [0.4, 0.5) is 30.6 Å². The third-order valence-electron chi connectivity index (χ3n) is 8.85. The Morgan fingerprint density at radius 3 is 2.66 bits per heavy atom. The number of hydrogen-bond donors (Lipinski definition) is 2. The van der Waals surface area contributed by atoms with Crippen molar-refractivity contribution >= 4 is 35.0 Å². The number of amides is 2. The molecular formula is C32H36F3N5O4. The van der Waals surface area contributed by atoms with E-state index in [1.54, 1.807) is 28.0 Å². The summed E-state index contributed by atoms with van der Waals surface area (Å²) in [5.41, 5.74) is 2.70. The summed E-state index contributed by atoms with van der Waals surface area (Å²) in [7, 11) is 0. The lowest BCUT2D eigenvalue weighted by Crippen LogP contribution is -2.34. The number of piperidine rings is 1. The molecule has 1 saturated heterocycles. The second-order valence-electron chi connectivity index (χ2n) is 12.2. The van der Waals surface area contributed by atoms with Gasteiger partial charge in [0.15, 0.2) is 5.69 Å². The number of fused-ring (bicyclic) bond motifs is 1. The molecule has 9 nitrogen and oxygen atoms in total. The molecule has 3 atom stereocenters. The van der Waals surface area contributed by atoms with Crippen LogP contribution in [0.3, 0.4) is 0 Å². The van der Waals surface area contributed by atoms with Crippen molar-refractivity contribution in [2.24, 2.45) is 17.8 Å². The number of carbonyl (C=O) groups is 3. The maximum absolute atomic E-state index is 13.8. The van der Waals surface area contributed by atoms with Crippen LogP contribution in [-0.4, -0.2) is 48.8 Å². The molecular weight excluding hydrogens is 575 g/mol. The van der Waals surface area contributed by atoms with Gasteiger partial charge in [-0.2, -0.15) is 18.2 Å². The molecule has 4 aliphatic rings. The van der Waals surface area contributed by atoms with Crippen molar-refractivity contribution in [3.05, 3.63) is 58.6 Å². The first-order valence-corrected chi connectivity index (χ1v) is 15.2. The molecule has 12 heteroatoms. The van der Waals surface area contributed by atoms with E-state index >= 15 is 0 Å². The Labute approximate surface area is 253 Å². The third-order valence-corrected chi connectivity index (χ3v) is 8.85. The number of hydrogen-bond acceptors (Lipinski definition) is 7. The number of allylic oxidation sites excluding steroid dienone is 3. The predicted octanol–water partition coefficient (Wildman–Crippen LogP) is 5.49. The SMILES string of the molecule is CC1=CCCC=C1NC(=O)[C@H]1C[C@@H]1C(=O)N1CCc2cc(NCC(=O)c3oc(N4CCCC(C)C4)nc3C(F)(F)F)ccc21. The standard InChI is InChI=1S/C32H36F3N5O4/c1-18-6-5-12-39(17-18)31-38-28(32(33,34)35)27(44-31)26(41)16-36-21-9-10-25-20(14-21)11-13-40(25)30(43)23-15-22(23)29(42)37-24-8-4-3-7-19(24)2/h7-10,14,18,22-23,36H,3-6,11-13,15-17H2,1-2H3,(H,37,42)/t18?,22-,23-/m0/s1. The highest BCUT2D eigenvalue weighted by atomic mass is 19.4. The average Bonchev–Trinajstić information content (AvgIpc) is 3.47. The van der Waals surface area contributed by atoms with E-state index in [-0.39, 0.29) is 35.6 Å². The lowest BCUT2D eigenvalue weighted by Gasteiger charge is -2.29. The van der Waals surface area contributed by atoms with Crippen molar-refractivity contribution in [2.45, 2.75) is 58.5 Å². The van der Waals surface area contributed by atoms with E-state index in [1.807, 2.05) is 19.9 Å². The zero-order chi connectivity index (χ0) is 31.2. The summed E-state index contributed by atoms with van der Waals surface area (Å²) >= 11 is 0. The Morgan fingerprint density at radius 1 is 1.11 bits per heavy atom. The second-order valence-corrected chi connectivity index (χ2v) is 12.2. The normalized spacial score (nSPS) is 23.1. The minimum absolute atomic E-state index is 0.0893. The average molecular weight is 612 g/mol. The zero-order valence-electron chi connectivity index (χ0n) is 24.8. The summed E-state index contributed by atoms with van der Waals surface area (Å²) in [5, 5.41) is 5.88. The Bertz CT molecular complexity index is 1540. The lowest BCUT2D eigenvalue weighted by molar-refractivity contribution is -0.141. The molecule has 6 rings (SSSR count). The monoisotopic (exact) mass is 611 g/mol. The molecule has 2 aromatic rings. The topological polar surface area (TPSA) is 108 Å².